The number of hydrogen-bond donors (Lipinski definition) is 1. The molecule has 0 aliphatic heterocycles. The summed E-state index contributed by atoms with van der Waals surface area (Å²) in [6, 6.07) is 3.33. The van der Waals surface area contributed by atoms with Crippen LogP contribution in [0.1, 0.15) is 46.0 Å². The van der Waals surface area contributed by atoms with Crippen molar-refractivity contribution in [2.75, 3.05) is 13.2 Å². The standard InChI is InChI=1S/C13H24N2O/c1-11(2)15(8-5-9-16)13-7-4-3-6-12(13)10-14/h11-13,16H,3-9H2,1-2H3. The van der Waals surface area contributed by atoms with Crippen molar-refractivity contribution < 1.29 is 5.11 Å². The second-order valence-corrected chi connectivity index (χ2v) is 5.00. The van der Waals surface area contributed by atoms with E-state index in [0.717, 1.165) is 25.8 Å². The Morgan fingerprint density at radius 1 is 1.38 bits per heavy atom. The minimum absolute atomic E-state index is 0.190. The summed E-state index contributed by atoms with van der Waals surface area (Å²) in [5, 5.41) is 18.1. The molecule has 0 spiro atoms. The van der Waals surface area contributed by atoms with Crippen LogP contribution in [0.4, 0.5) is 0 Å². The number of nitriles is 1. The average molecular weight is 224 g/mol. The molecule has 92 valence electrons. The van der Waals surface area contributed by atoms with E-state index in [1.54, 1.807) is 0 Å². The summed E-state index contributed by atoms with van der Waals surface area (Å²) >= 11 is 0. The summed E-state index contributed by atoms with van der Waals surface area (Å²) in [4.78, 5) is 2.41. The van der Waals surface area contributed by atoms with E-state index in [-0.39, 0.29) is 12.5 Å². The van der Waals surface area contributed by atoms with E-state index in [0.29, 0.717) is 12.1 Å². The van der Waals surface area contributed by atoms with Crippen LogP contribution in [-0.2, 0) is 0 Å². The Bertz CT molecular complexity index is 235. The van der Waals surface area contributed by atoms with Crippen molar-refractivity contribution in [1.29, 1.82) is 5.26 Å². The zero-order chi connectivity index (χ0) is 12.0. The van der Waals surface area contributed by atoms with Crippen LogP contribution in [-0.4, -0.2) is 35.2 Å². The molecule has 0 aromatic heterocycles. The normalized spacial score (nSPS) is 26.0. The predicted octanol–water partition coefficient (Wildman–Crippen LogP) is 2.16. The summed E-state index contributed by atoms with van der Waals surface area (Å²) < 4.78 is 0. The van der Waals surface area contributed by atoms with Crippen molar-refractivity contribution in [3.63, 3.8) is 0 Å². The summed E-state index contributed by atoms with van der Waals surface area (Å²) in [5.74, 6) is 0.190. The molecule has 0 aromatic rings. The van der Waals surface area contributed by atoms with Crippen LogP contribution in [0.2, 0.25) is 0 Å². The summed E-state index contributed by atoms with van der Waals surface area (Å²) in [5.41, 5.74) is 0. The van der Waals surface area contributed by atoms with Crippen molar-refractivity contribution >= 4 is 0 Å². The minimum Gasteiger partial charge on any atom is -0.396 e. The van der Waals surface area contributed by atoms with Gasteiger partial charge in [-0.2, -0.15) is 5.26 Å². The molecule has 2 atom stereocenters. The van der Waals surface area contributed by atoms with Gasteiger partial charge in [0.1, 0.15) is 0 Å². The van der Waals surface area contributed by atoms with Crippen LogP contribution in [0.15, 0.2) is 0 Å². The number of hydrogen-bond acceptors (Lipinski definition) is 3. The quantitative estimate of drug-likeness (QED) is 0.778. The van der Waals surface area contributed by atoms with Gasteiger partial charge in [-0.1, -0.05) is 12.8 Å². The third kappa shape index (κ3) is 3.47. The third-order valence-electron chi connectivity index (χ3n) is 3.56. The van der Waals surface area contributed by atoms with Gasteiger partial charge < -0.3 is 5.11 Å². The fraction of sp³-hybridized carbons (Fsp3) is 0.923. The van der Waals surface area contributed by atoms with Crippen LogP contribution in [0.25, 0.3) is 0 Å². The van der Waals surface area contributed by atoms with E-state index < -0.39 is 0 Å². The number of nitrogens with zero attached hydrogens (tertiary/aromatic N) is 2. The Labute approximate surface area is 99.1 Å². The zero-order valence-electron chi connectivity index (χ0n) is 10.5. The SMILES string of the molecule is CC(C)N(CCCO)C1CCCCC1C#N. The Hall–Kier alpha value is -0.590. The van der Waals surface area contributed by atoms with Gasteiger partial charge in [-0.3, -0.25) is 4.90 Å². The maximum atomic E-state index is 9.19. The second kappa shape index (κ2) is 6.88. The molecule has 1 aliphatic rings. The third-order valence-corrected chi connectivity index (χ3v) is 3.56. The van der Waals surface area contributed by atoms with Crippen molar-refractivity contribution in [2.45, 2.75) is 58.0 Å². The predicted molar refractivity (Wildman–Crippen MR) is 64.9 cm³/mol. The highest BCUT2D eigenvalue weighted by Gasteiger charge is 2.30. The molecule has 1 aliphatic carbocycles. The molecule has 0 amide bonds. The molecule has 16 heavy (non-hydrogen) atoms. The highest BCUT2D eigenvalue weighted by atomic mass is 16.3. The Morgan fingerprint density at radius 2 is 2.06 bits per heavy atom. The van der Waals surface area contributed by atoms with Crippen molar-refractivity contribution in [1.82, 2.24) is 4.90 Å². The largest absolute Gasteiger partial charge is 0.396 e. The lowest BCUT2D eigenvalue weighted by molar-refractivity contribution is 0.0874. The van der Waals surface area contributed by atoms with Crippen LogP contribution < -0.4 is 0 Å². The molecular formula is C13H24N2O. The molecular weight excluding hydrogens is 200 g/mol. The minimum atomic E-state index is 0.190. The molecule has 2 unspecified atom stereocenters. The van der Waals surface area contributed by atoms with E-state index in [1.807, 2.05) is 0 Å². The second-order valence-electron chi connectivity index (χ2n) is 5.00. The van der Waals surface area contributed by atoms with Crippen molar-refractivity contribution in [3.8, 4) is 6.07 Å². The monoisotopic (exact) mass is 224 g/mol. The first kappa shape index (κ1) is 13.5. The van der Waals surface area contributed by atoms with E-state index in [1.165, 1.54) is 12.8 Å². The van der Waals surface area contributed by atoms with Crippen LogP contribution >= 0.6 is 0 Å². The lowest BCUT2D eigenvalue weighted by atomic mass is 9.84. The molecule has 1 N–H and O–H groups in total. The number of aliphatic hydroxyl groups excluding tert-OH is 1. The van der Waals surface area contributed by atoms with Gasteiger partial charge in [0.25, 0.3) is 0 Å². The van der Waals surface area contributed by atoms with E-state index in [9.17, 15) is 5.26 Å². The lowest BCUT2D eigenvalue weighted by Crippen LogP contribution is -2.46. The van der Waals surface area contributed by atoms with Crippen molar-refractivity contribution in [2.24, 2.45) is 5.92 Å². The first-order chi connectivity index (χ1) is 7.70. The van der Waals surface area contributed by atoms with Gasteiger partial charge in [0, 0.05) is 25.2 Å². The fourth-order valence-electron chi connectivity index (χ4n) is 2.72. The summed E-state index contributed by atoms with van der Waals surface area (Å²) in [6.45, 7) is 5.52. The highest BCUT2D eigenvalue weighted by Crippen LogP contribution is 2.29. The molecule has 0 radical (unpaired) electrons. The molecule has 3 nitrogen and oxygen atoms in total. The molecule has 3 heteroatoms. The zero-order valence-corrected chi connectivity index (χ0v) is 10.5. The first-order valence-corrected chi connectivity index (χ1v) is 6.47. The van der Waals surface area contributed by atoms with Crippen LogP contribution in [0.3, 0.4) is 0 Å². The average Bonchev–Trinajstić information content (AvgIpc) is 2.29. The Kier molecular flexibility index (Phi) is 5.79. The Balaban J connectivity index is 2.63. The highest BCUT2D eigenvalue weighted by molar-refractivity contribution is 4.96. The van der Waals surface area contributed by atoms with Gasteiger partial charge in [-0.15, -0.1) is 0 Å². The topological polar surface area (TPSA) is 47.3 Å². The van der Waals surface area contributed by atoms with E-state index in [2.05, 4.69) is 24.8 Å². The molecule has 0 bridgehead atoms. The van der Waals surface area contributed by atoms with Crippen LogP contribution in [0, 0.1) is 17.2 Å². The van der Waals surface area contributed by atoms with E-state index >= 15 is 0 Å². The molecule has 0 saturated heterocycles. The van der Waals surface area contributed by atoms with Gasteiger partial charge in [0.2, 0.25) is 0 Å². The molecule has 0 aromatic carbocycles. The van der Waals surface area contributed by atoms with Gasteiger partial charge in [-0.05, 0) is 33.1 Å². The number of aliphatic hydroxyl groups is 1. The van der Waals surface area contributed by atoms with Crippen LogP contribution in [0.5, 0.6) is 0 Å². The maximum Gasteiger partial charge on any atom is 0.0672 e. The molecule has 0 heterocycles. The first-order valence-electron chi connectivity index (χ1n) is 6.47. The molecule has 1 fully saturated rings. The molecule has 1 rings (SSSR count). The van der Waals surface area contributed by atoms with Gasteiger partial charge in [0.15, 0.2) is 0 Å². The number of rotatable bonds is 5. The van der Waals surface area contributed by atoms with Crippen molar-refractivity contribution in [3.05, 3.63) is 0 Å². The maximum absolute atomic E-state index is 9.19. The fourth-order valence-corrected chi connectivity index (χ4v) is 2.72. The van der Waals surface area contributed by atoms with Gasteiger partial charge in [0.05, 0.1) is 12.0 Å². The smallest absolute Gasteiger partial charge is 0.0672 e. The van der Waals surface area contributed by atoms with E-state index in [4.69, 9.17) is 5.11 Å². The summed E-state index contributed by atoms with van der Waals surface area (Å²) in [6.07, 6.45) is 5.43. The van der Waals surface area contributed by atoms with Gasteiger partial charge in [-0.25, -0.2) is 0 Å². The summed E-state index contributed by atoms with van der Waals surface area (Å²) in [7, 11) is 0. The van der Waals surface area contributed by atoms with Gasteiger partial charge >= 0.3 is 0 Å². The Morgan fingerprint density at radius 3 is 2.62 bits per heavy atom. The lowest BCUT2D eigenvalue weighted by Gasteiger charge is -2.39. The molecule has 1 saturated carbocycles.